The number of aryl methyl sites for hydroxylation is 1. The number of hydrogen-bond donors (Lipinski definition) is 0. The molecule has 0 radical (unpaired) electrons. The van der Waals surface area contributed by atoms with Crippen LogP contribution in [-0.4, -0.2) is 23.6 Å². The van der Waals surface area contributed by atoms with E-state index < -0.39 is 0 Å². The number of hydrogen-bond acceptors (Lipinski definition) is 4. The van der Waals surface area contributed by atoms with Gasteiger partial charge in [-0.15, -0.1) is 0 Å². The molecule has 4 nitrogen and oxygen atoms in total. The lowest BCUT2D eigenvalue weighted by molar-refractivity contribution is 0.0999. The minimum absolute atomic E-state index is 0.0570. The van der Waals surface area contributed by atoms with Crippen molar-refractivity contribution in [2.45, 2.75) is 13.3 Å². The fourth-order valence-electron chi connectivity index (χ4n) is 2.42. The summed E-state index contributed by atoms with van der Waals surface area (Å²) >= 11 is 0. The Morgan fingerprint density at radius 1 is 1.20 bits per heavy atom. The number of carbonyl (C=O) groups is 1. The zero-order valence-electron chi connectivity index (χ0n) is 11.4. The van der Waals surface area contributed by atoms with Gasteiger partial charge in [0.25, 0.3) is 0 Å². The Labute approximate surface area is 117 Å². The van der Waals surface area contributed by atoms with E-state index in [9.17, 15) is 4.79 Å². The van der Waals surface area contributed by atoms with E-state index in [0.717, 1.165) is 16.9 Å². The maximum absolute atomic E-state index is 12.3. The van der Waals surface area contributed by atoms with Crippen molar-refractivity contribution in [2.75, 3.05) is 7.11 Å². The van der Waals surface area contributed by atoms with Crippen molar-refractivity contribution in [3.05, 3.63) is 53.2 Å². The van der Waals surface area contributed by atoms with Gasteiger partial charge in [0, 0.05) is 11.8 Å². The third-order valence-corrected chi connectivity index (χ3v) is 3.40. The van der Waals surface area contributed by atoms with Gasteiger partial charge in [0.1, 0.15) is 5.75 Å². The van der Waals surface area contributed by atoms with Gasteiger partial charge < -0.3 is 4.74 Å². The Morgan fingerprint density at radius 3 is 2.80 bits per heavy atom. The van der Waals surface area contributed by atoms with Crippen LogP contribution >= 0.6 is 0 Å². The summed E-state index contributed by atoms with van der Waals surface area (Å²) in [4.78, 5) is 21.1. The van der Waals surface area contributed by atoms with Crippen LogP contribution in [0.25, 0.3) is 0 Å². The van der Waals surface area contributed by atoms with Crippen molar-refractivity contribution >= 4 is 17.3 Å². The maximum atomic E-state index is 12.3. The first-order valence-corrected chi connectivity index (χ1v) is 6.40. The standard InChI is InChI=1S/C16H14N2O2/c1-10-7-8-17-16-15(10)13(19)9-12(18-16)11-5-3-4-6-14(11)20-2/h3-8H,9H2,1-2H3. The molecule has 1 aliphatic rings. The van der Waals surface area contributed by atoms with Gasteiger partial charge >= 0.3 is 0 Å². The molecule has 4 heteroatoms. The number of methoxy groups -OCH3 is 1. The van der Waals surface area contributed by atoms with Gasteiger partial charge in [0.2, 0.25) is 0 Å². The second kappa shape index (κ2) is 4.89. The van der Waals surface area contributed by atoms with E-state index in [0.29, 0.717) is 17.1 Å². The van der Waals surface area contributed by atoms with Crippen molar-refractivity contribution < 1.29 is 9.53 Å². The molecule has 0 N–H and O–H groups in total. The van der Waals surface area contributed by atoms with Crippen LogP contribution in [0.1, 0.15) is 27.9 Å². The maximum Gasteiger partial charge on any atom is 0.172 e. The number of fused-ring (bicyclic) bond motifs is 1. The van der Waals surface area contributed by atoms with Crippen LogP contribution in [-0.2, 0) is 0 Å². The number of aromatic nitrogens is 1. The number of Topliss-reactive ketones (excluding diaryl/α,β-unsaturated/α-hetero) is 1. The lowest BCUT2D eigenvalue weighted by atomic mass is 9.95. The Bertz CT molecular complexity index is 720. The van der Waals surface area contributed by atoms with Crippen LogP contribution in [0.2, 0.25) is 0 Å². The molecule has 0 unspecified atom stereocenters. The number of benzene rings is 1. The second-order valence-corrected chi connectivity index (χ2v) is 4.69. The minimum atomic E-state index is 0.0570. The molecule has 100 valence electrons. The molecule has 1 aromatic carbocycles. The van der Waals surface area contributed by atoms with E-state index in [-0.39, 0.29) is 12.2 Å². The van der Waals surface area contributed by atoms with Crippen molar-refractivity contribution in [1.29, 1.82) is 0 Å². The molecule has 0 atom stereocenters. The molecule has 2 aromatic rings. The van der Waals surface area contributed by atoms with Crippen molar-refractivity contribution in [3.8, 4) is 5.75 Å². The number of carbonyl (C=O) groups excluding carboxylic acids is 1. The monoisotopic (exact) mass is 266 g/mol. The number of pyridine rings is 1. The van der Waals surface area contributed by atoms with Crippen LogP contribution in [0.15, 0.2) is 41.5 Å². The smallest absolute Gasteiger partial charge is 0.172 e. The number of aliphatic imine (C=N–C) groups is 1. The summed E-state index contributed by atoms with van der Waals surface area (Å²) in [6.45, 7) is 1.90. The lowest BCUT2D eigenvalue weighted by Crippen LogP contribution is -2.16. The Hall–Kier alpha value is -2.49. The average Bonchev–Trinajstić information content (AvgIpc) is 2.47. The highest BCUT2D eigenvalue weighted by Crippen LogP contribution is 2.30. The Morgan fingerprint density at radius 2 is 2.00 bits per heavy atom. The molecule has 0 bridgehead atoms. The molecule has 0 fully saturated rings. The molecule has 2 heterocycles. The van der Waals surface area contributed by atoms with Gasteiger partial charge in [-0.3, -0.25) is 4.79 Å². The first kappa shape index (κ1) is 12.5. The molecule has 0 saturated heterocycles. The van der Waals surface area contributed by atoms with Crippen LogP contribution in [0.4, 0.5) is 5.82 Å². The number of nitrogens with zero attached hydrogens (tertiary/aromatic N) is 2. The zero-order chi connectivity index (χ0) is 14.1. The molecule has 0 amide bonds. The summed E-state index contributed by atoms with van der Waals surface area (Å²) in [7, 11) is 1.61. The van der Waals surface area contributed by atoms with E-state index in [1.807, 2.05) is 37.3 Å². The molecular weight excluding hydrogens is 252 g/mol. The van der Waals surface area contributed by atoms with Gasteiger partial charge in [-0.2, -0.15) is 0 Å². The minimum Gasteiger partial charge on any atom is -0.496 e. The summed E-state index contributed by atoms with van der Waals surface area (Å²) in [6.07, 6.45) is 1.95. The predicted molar refractivity (Wildman–Crippen MR) is 77.1 cm³/mol. The van der Waals surface area contributed by atoms with Gasteiger partial charge in [0.15, 0.2) is 11.6 Å². The highest BCUT2D eigenvalue weighted by molar-refractivity contribution is 6.21. The van der Waals surface area contributed by atoms with Crippen LogP contribution in [0, 0.1) is 6.92 Å². The van der Waals surface area contributed by atoms with Crippen molar-refractivity contribution in [2.24, 2.45) is 4.99 Å². The molecule has 1 aromatic heterocycles. The molecule has 1 aliphatic heterocycles. The summed E-state index contributed by atoms with van der Waals surface area (Å²) < 4.78 is 5.33. The van der Waals surface area contributed by atoms with Gasteiger partial charge in [-0.05, 0) is 30.7 Å². The first-order chi connectivity index (χ1) is 9.70. The van der Waals surface area contributed by atoms with Crippen molar-refractivity contribution in [3.63, 3.8) is 0 Å². The van der Waals surface area contributed by atoms with E-state index in [1.165, 1.54) is 0 Å². The number of ketones is 1. The molecule has 20 heavy (non-hydrogen) atoms. The molecule has 0 aliphatic carbocycles. The SMILES string of the molecule is COc1ccccc1C1=Nc2nccc(C)c2C(=O)C1. The van der Waals surface area contributed by atoms with E-state index in [4.69, 9.17) is 4.74 Å². The lowest BCUT2D eigenvalue weighted by Gasteiger charge is -2.17. The first-order valence-electron chi connectivity index (χ1n) is 6.40. The topological polar surface area (TPSA) is 51.6 Å². The van der Waals surface area contributed by atoms with Gasteiger partial charge in [-0.25, -0.2) is 9.98 Å². The van der Waals surface area contributed by atoms with Gasteiger partial charge in [-0.1, -0.05) is 12.1 Å². The molecular formula is C16H14N2O2. The summed E-state index contributed by atoms with van der Waals surface area (Å²) in [5.41, 5.74) is 3.10. The third kappa shape index (κ3) is 1.99. The molecule has 0 spiro atoms. The van der Waals surface area contributed by atoms with Gasteiger partial charge in [0.05, 0.1) is 24.8 Å². The summed E-state index contributed by atoms with van der Waals surface area (Å²) in [6, 6.07) is 9.40. The summed E-state index contributed by atoms with van der Waals surface area (Å²) in [5, 5.41) is 0. The predicted octanol–water partition coefficient (Wildman–Crippen LogP) is 3.11. The number of rotatable bonds is 2. The van der Waals surface area contributed by atoms with E-state index in [2.05, 4.69) is 9.98 Å². The second-order valence-electron chi connectivity index (χ2n) is 4.69. The third-order valence-electron chi connectivity index (χ3n) is 3.40. The van der Waals surface area contributed by atoms with Crippen molar-refractivity contribution in [1.82, 2.24) is 4.98 Å². The van der Waals surface area contributed by atoms with Crippen LogP contribution in [0.5, 0.6) is 5.75 Å². The highest BCUT2D eigenvalue weighted by atomic mass is 16.5. The summed E-state index contributed by atoms with van der Waals surface area (Å²) in [5.74, 6) is 1.28. The fraction of sp³-hybridized carbons (Fsp3) is 0.188. The quantitative estimate of drug-likeness (QED) is 0.839. The highest BCUT2D eigenvalue weighted by Gasteiger charge is 2.24. The van der Waals surface area contributed by atoms with E-state index in [1.54, 1.807) is 13.3 Å². The largest absolute Gasteiger partial charge is 0.496 e. The molecule has 3 rings (SSSR count). The van der Waals surface area contributed by atoms with Crippen LogP contribution in [0.3, 0.4) is 0 Å². The fourth-order valence-corrected chi connectivity index (χ4v) is 2.42. The van der Waals surface area contributed by atoms with E-state index >= 15 is 0 Å². The Kier molecular flexibility index (Phi) is 3.06. The molecule has 0 saturated carbocycles. The Balaban J connectivity index is 2.16. The average molecular weight is 266 g/mol. The number of para-hydroxylation sites is 1. The normalized spacial score (nSPS) is 13.7. The van der Waals surface area contributed by atoms with Crippen LogP contribution < -0.4 is 4.74 Å². The number of ether oxygens (including phenoxy) is 1. The zero-order valence-corrected chi connectivity index (χ0v) is 11.4.